The van der Waals surface area contributed by atoms with Gasteiger partial charge in [-0.15, -0.1) is 0 Å². The first kappa shape index (κ1) is 34.0. The molecule has 8 nitrogen and oxygen atoms in total. The lowest BCUT2D eigenvalue weighted by molar-refractivity contribution is -0.321. The Morgan fingerprint density at radius 2 is 1.75 bits per heavy atom. The second kappa shape index (κ2) is 12.0. The van der Waals surface area contributed by atoms with E-state index in [1.165, 1.54) is 6.29 Å². The first-order chi connectivity index (χ1) is 20.6. The quantitative estimate of drug-likeness (QED) is 0.156. The maximum atomic E-state index is 13.7. The average Bonchev–Trinajstić information content (AvgIpc) is 3.25. The van der Waals surface area contributed by atoms with Crippen LogP contribution < -0.4 is 0 Å². The number of aldehydes is 1. The number of hydrogen-bond donors (Lipinski definition) is 5. The third kappa shape index (κ3) is 5.02. The van der Waals surface area contributed by atoms with E-state index in [2.05, 4.69) is 45.6 Å². The van der Waals surface area contributed by atoms with E-state index >= 15 is 0 Å². The van der Waals surface area contributed by atoms with Gasteiger partial charge in [-0.05, 0) is 80.5 Å². The predicted octanol–water partition coefficient (Wildman–Crippen LogP) is 4.09. The zero-order valence-electron chi connectivity index (χ0n) is 27.5. The van der Waals surface area contributed by atoms with Crippen molar-refractivity contribution in [2.75, 3.05) is 6.61 Å². The van der Waals surface area contributed by atoms with Crippen molar-refractivity contribution in [3.05, 3.63) is 36.0 Å². The van der Waals surface area contributed by atoms with Crippen molar-refractivity contribution in [3.8, 4) is 0 Å². The van der Waals surface area contributed by atoms with Crippen LogP contribution in [0.5, 0.6) is 0 Å². The van der Waals surface area contributed by atoms with Gasteiger partial charge < -0.3 is 39.8 Å². The Morgan fingerprint density at radius 1 is 1.05 bits per heavy atom. The molecule has 0 amide bonds. The van der Waals surface area contributed by atoms with Gasteiger partial charge >= 0.3 is 0 Å². The van der Waals surface area contributed by atoms with Crippen LogP contribution in [-0.4, -0.2) is 81.3 Å². The molecule has 1 heterocycles. The number of aliphatic hydroxyl groups excluding tert-OH is 5. The largest absolute Gasteiger partial charge is 0.394 e. The van der Waals surface area contributed by atoms with Crippen LogP contribution in [0.2, 0.25) is 0 Å². The molecule has 248 valence electrons. The third-order valence-electron chi connectivity index (χ3n) is 13.4. The lowest BCUT2D eigenvalue weighted by Crippen LogP contribution is -2.66. The van der Waals surface area contributed by atoms with Crippen molar-refractivity contribution in [1.29, 1.82) is 0 Å². The molecule has 0 unspecified atom stereocenters. The highest BCUT2D eigenvalue weighted by atomic mass is 16.7. The molecule has 14 atom stereocenters. The summed E-state index contributed by atoms with van der Waals surface area (Å²) in [6, 6.07) is 0. The molecule has 1 aliphatic heterocycles. The molecule has 5 aliphatic rings. The van der Waals surface area contributed by atoms with Gasteiger partial charge in [-0.1, -0.05) is 70.6 Å². The maximum absolute atomic E-state index is 13.7. The second-order valence-corrected chi connectivity index (χ2v) is 15.9. The van der Waals surface area contributed by atoms with Gasteiger partial charge in [0.1, 0.15) is 30.7 Å². The molecule has 0 radical (unpaired) electrons. The van der Waals surface area contributed by atoms with Crippen LogP contribution in [0, 0.1) is 45.3 Å². The Labute approximate surface area is 263 Å². The third-order valence-corrected chi connectivity index (χ3v) is 13.4. The highest BCUT2D eigenvalue weighted by molar-refractivity contribution is 5.65. The smallest absolute Gasteiger partial charge is 0.187 e. The summed E-state index contributed by atoms with van der Waals surface area (Å²) in [6.45, 7) is 16.6. The normalized spacial score (nSPS) is 49.0. The molecular weight excluding hydrogens is 560 g/mol. The summed E-state index contributed by atoms with van der Waals surface area (Å²) in [6.07, 6.45) is 5.25. The molecule has 1 saturated heterocycles. The molecule has 5 N–H and O–H groups in total. The minimum atomic E-state index is -1.56. The molecule has 4 aliphatic carbocycles. The molecule has 44 heavy (non-hydrogen) atoms. The van der Waals surface area contributed by atoms with E-state index in [0.717, 1.165) is 43.3 Å². The summed E-state index contributed by atoms with van der Waals surface area (Å²) in [7, 11) is 0. The van der Waals surface area contributed by atoms with E-state index in [1.54, 1.807) is 0 Å². The number of fused-ring (bicyclic) bond motifs is 5. The Morgan fingerprint density at radius 3 is 2.39 bits per heavy atom. The summed E-state index contributed by atoms with van der Waals surface area (Å²) >= 11 is 0. The molecule has 8 heteroatoms. The Balaban J connectivity index is 1.60. The number of aliphatic hydroxyl groups is 5. The predicted molar refractivity (Wildman–Crippen MR) is 167 cm³/mol. The van der Waals surface area contributed by atoms with Crippen LogP contribution in [0.3, 0.4) is 0 Å². The van der Waals surface area contributed by atoms with Gasteiger partial charge in [-0.3, -0.25) is 0 Å². The zero-order valence-corrected chi connectivity index (χ0v) is 27.5. The van der Waals surface area contributed by atoms with Gasteiger partial charge in [0.05, 0.1) is 18.8 Å². The summed E-state index contributed by atoms with van der Waals surface area (Å²) in [5.74, 6) is 0.607. The zero-order chi connectivity index (χ0) is 32.4. The first-order valence-corrected chi connectivity index (χ1v) is 16.7. The topological polar surface area (TPSA) is 137 Å². The molecule has 0 aromatic rings. The Bertz CT molecular complexity index is 1160. The van der Waals surface area contributed by atoms with Crippen LogP contribution in [-0.2, 0) is 14.3 Å². The highest BCUT2D eigenvalue weighted by Crippen LogP contribution is 2.75. The average molecular weight is 617 g/mol. The molecule has 4 fully saturated rings. The minimum absolute atomic E-state index is 0.0330. The number of allylic oxidation sites excluding steroid dienone is 3. The van der Waals surface area contributed by atoms with Crippen molar-refractivity contribution in [2.24, 2.45) is 45.3 Å². The van der Waals surface area contributed by atoms with Crippen molar-refractivity contribution in [1.82, 2.24) is 0 Å². The number of ether oxygens (including phenoxy) is 2. The monoisotopic (exact) mass is 616 g/mol. The maximum Gasteiger partial charge on any atom is 0.187 e. The van der Waals surface area contributed by atoms with Crippen LogP contribution in [0.15, 0.2) is 36.0 Å². The summed E-state index contributed by atoms with van der Waals surface area (Å²) in [5, 5.41) is 53.0. The fourth-order valence-corrected chi connectivity index (χ4v) is 10.6. The van der Waals surface area contributed by atoms with Crippen molar-refractivity contribution < 1.29 is 39.8 Å². The first-order valence-electron chi connectivity index (χ1n) is 16.7. The van der Waals surface area contributed by atoms with Gasteiger partial charge in [0.15, 0.2) is 6.29 Å². The SMILES string of the molecule is C=C(C)/C=C/C[C@@H](C)[C@H]1CC[C@@]2(C)[C@@H]3[C@@H](O[C@H]4O[C@@H](CO)[C@H](O)[C@@H](O)[C@@H]4O)C=C4[C@@H](CC[C@H](O)C4(C)C)[C@]3(C=O)CC[C@]12C. The van der Waals surface area contributed by atoms with E-state index in [1.807, 2.05) is 20.8 Å². The van der Waals surface area contributed by atoms with Crippen LogP contribution in [0.4, 0.5) is 0 Å². The van der Waals surface area contributed by atoms with E-state index in [0.29, 0.717) is 24.7 Å². The molecule has 0 aromatic carbocycles. The van der Waals surface area contributed by atoms with Crippen molar-refractivity contribution in [2.45, 2.75) is 129 Å². The van der Waals surface area contributed by atoms with Crippen molar-refractivity contribution >= 4 is 6.29 Å². The van der Waals surface area contributed by atoms with Gasteiger partial charge in [-0.2, -0.15) is 0 Å². The van der Waals surface area contributed by atoms with E-state index in [-0.39, 0.29) is 22.7 Å². The highest BCUT2D eigenvalue weighted by Gasteiger charge is 2.71. The van der Waals surface area contributed by atoms with Crippen LogP contribution in [0.1, 0.15) is 86.5 Å². The van der Waals surface area contributed by atoms with Gasteiger partial charge in [0.2, 0.25) is 0 Å². The molecule has 0 spiro atoms. The number of carbonyl (C=O) groups is 1. The van der Waals surface area contributed by atoms with E-state index in [4.69, 9.17) is 9.47 Å². The second-order valence-electron chi connectivity index (χ2n) is 15.9. The Kier molecular flexibility index (Phi) is 9.26. The number of carbonyl (C=O) groups excluding carboxylic acids is 1. The summed E-state index contributed by atoms with van der Waals surface area (Å²) in [4.78, 5) is 13.7. The summed E-state index contributed by atoms with van der Waals surface area (Å²) in [5.41, 5.74) is 0.370. The standard InChI is InChI=1S/C36H56O8/c1-20(2)9-8-10-21(3)22-13-14-35(7)31-25(43-32-30(42)29(41)28(40)26(18-37)44-32)17-24-23(11-12-27(39)33(24,4)5)36(31,19-38)16-15-34(22,35)6/h8-9,17,19,21-23,25-32,37,39-42H,1,10-16,18H2,2-7H3/b9-8+/t21-,22-,23-,25+,26+,27+,28+,29-,30+,31+,32+,34-,35+,36-/m1/s1. The number of rotatable bonds is 8. The Hall–Kier alpha value is -1.39. The lowest BCUT2D eigenvalue weighted by Gasteiger charge is -2.66. The van der Waals surface area contributed by atoms with E-state index in [9.17, 15) is 30.3 Å². The van der Waals surface area contributed by atoms with Gasteiger partial charge in [0.25, 0.3) is 0 Å². The molecule has 0 bridgehead atoms. The molecular formula is C36H56O8. The van der Waals surface area contributed by atoms with Crippen LogP contribution >= 0.6 is 0 Å². The number of hydrogen-bond acceptors (Lipinski definition) is 8. The van der Waals surface area contributed by atoms with Gasteiger partial charge in [-0.25, -0.2) is 0 Å². The molecule has 0 aromatic heterocycles. The summed E-state index contributed by atoms with van der Waals surface area (Å²) < 4.78 is 12.5. The molecule has 5 rings (SSSR count). The fourth-order valence-electron chi connectivity index (χ4n) is 10.6. The van der Waals surface area contributed by atoms with Gasteiger partial charge in [0, 0.05) is 16.7 Å². The lowest BCUT2D eigenvalue weighted by atomic mass is 9.38. The minimum Gasteiger partial charge on any atom is -0.394 e. The van der Waals surface area contributed by atoms with Crippen molar-refractivity contribution in [3.63, 3.8) is 0 Å². The molecule has 3 saturated carbocycles. The van der Waals surface area contributed by atoms with E-state index < -0.39 is 60.4 Å². The van der Waals surface area contributed by atoms with Crippen LogP contribution in [0.25, 0.3) is 0 Å². The fraction of sp³-hybridized carbons (Fsp3) is 0.806.